The number of carbonyl (C=O) groups excluding carboxylic acids is 1. The summed E-state index contributed by atoms with van der Waals surface area (Å²) in [7, 11) is 0. The summed E-state index contributed by atoms with van der Waals surface area (Å²) in [4.78, 5) is 14.0. The lowest BCUT2D eigenvalue weighted by molar-refractivity contribution is -0.117. The maximum atomic E-state index is 12.2. The summed E-state index contributed by atoms with van der Waals surface area (Å²) in [5.41, 5.74) is 9.25. The monoisotopic (exact) mass is 296 g/mol. The Morgan fingerprint density at radius 2 is 1.95 bits per heavy atom. The third-order valence-electron chi connectivity index (χ3n) is 4.13. The number of nitrogens with two attached hydrogens (primary N) is 1. The second-order valence-corrected chi connectivity index (χ2v) is 5.53. The van der Waals surface area contributed by atoms with E-state index in [1.54, 1.807) is 4.90 Å². The molecule has 0 bridgehead atoms. The lowest BCUT2D eigenvalue weighted by atomic mass is 10.1. The SMILES string of the molecule is NC(CN1C(=O)Cc2ccccc21)c1ccc2c(c1)OCO2. The molecule has 4 rings (SSSR count). The van der Waals surface area contributed by atoms with Crippen LogP contribution >= 0.6 is 0 Å². The first-order valence-corrected chi connectivity index (χ1v) is 7.26. The Labute approximate surface area is 128 Å². The fourth-order valence-electron chi connectivity index (χ4n) is 2.96. The predicted octanol–water partition coefficient (Wildman–Crippen LogP) is 2.00. The van der Waals surface area contributed by atoms with Crippen LogP contribution < -0.4 is 20.1 Å². The van der Waals surface area contributed by atoms with Gasteiger partial charge in [0, 0.05) is 18.3 Å². The van der Waals surface area contributed by atoms with Gasteiger partial charge in [-0.25, -0.2) is 0 Å². The molecule has 112 valence electrons. The molecule has 1 atom stereocenters. The summed E-state index contributed by atoms with van der Waals surface area (Å²) in [6.07, 6.45) is 0.448. The fraction of sp³-hybridized carbons (Fsp3) is 0.235. The zero-order chi connectivity index (χ0) is 15.1. The second kappa shape index (κ2) is 5.03. The minimum atomic E-state index is -0.274. The van der Waals surface area contributed by atoms with Crippen molar-refractivity contribution in [1.82, 2.24) is 0 Å². The number of carbonyl (C=O) groups is 1. The van der Waals surface area contributed by atoms with Gasteiger partial charge in [0.05, 0.1) is 6.42 Å². The molecule has 5 nitrogen and oxygen atoms in total. The van der Waals surface area contributed by atoms with Gasteiger partial charge in [-0.3, -0.25) is 4.79 Å². The smallest absolute Gasteiger partial charge is 0.231 e. The zero-order valence-electron chi connectivity index (χ0n) is 12.0. The van der Waals surface area contributed by atoms with Crippen molar-refractivity contribution < 1.29 is 14.3 Å². The summed E-state index contributed by atoms with van der Waals surface area (Å²) in [5, 5.41) is 0. The predicted molar refractivity (Wildman–Crippen MR) is 82.0 cm³/mol. The van der Waals surface area contributed by atoms with Crippen molar-refractivity contribution in [1.29, 1.82) is 0 Å². The maximum absolute atomic E-state index is 12.2. The first-order chi connectivity index (χ1) is 10.7. The van der Waals surface area contributed by atoms with Gasteiger partial charge in [-0.2, -0.15) is 0 Å². The highest BCUT2D eigenvalue weighted by atomic mass is 16.7. The van der Waals surface area contributed by atoms with Crippen LogP contribution in [0.25, 0.3) is 0 Å². The maximum Gasteiger partial charge on any atom is 0.231 e. The number of fused-ring (bicyclic) bond motifs is 2. The molecule has 5 heteroatoms. The zero-order valence-corrected chi connectivity index (χ0v) is 12.0. The van der Waals surface area contributed by atoms with Crippen LogP contribution in [0.2, 0.25) is 0 Å². The number of hydrogen-bond acceptors (Lipinski definition) is 4. The van der Waals surface area contributed by atoms with Gasteiger partial charge < -0.3 is 20.1 Å². The van der Waals surface area contributed by atoms with Crippen molar-refractivity contribution in [3.63, 3.8) is 0 Å². The molecule has 0 saturated carbocycles. The van der Waals surface area contributed by atoms with Crippen LogP contribution in [0.4, 0.5) is 5.69 Å². The molecule has 2 aliphatic heterocycles. The van der Waals surface area contributed by atoms with Crippen LogP contribution in [0.1, 0.15) is 17.2 Å². The highest BCUT2D eigenvalue weighted by Crippen LogP contribution is 2.35. The number of para-hydroxylation sites is 1. The van der Waals surface area contributed by atoms with Crippen LogP contribution in [0.15, 0.2) is 42.5 Å². The third kappa shape index (κ3) is 2.10. The molecule has 2 aromatic rings. The lowest BCUT2D eigenvalue weighted by Crippen LogP contribution is -2.34. The minimum absolute atomic E-state index is 0.0948. The van der Waals surface area contributed by atoms with Crippen LogP contribution in [0, 0.1) is 0 Å². The van der Waals surface area contributed by atoms with Gasteiger partial charge in [0.25, 0.3) is 0 Å². The molecule has 2 aromatic carbocycles. The molecule has 22 heavy (non-hydrogen) atoms. The molecular weight excluding hydrogens is 280 g/mol. The van der Waals surface area contributed by atoms with Gasteiger partial charge in [-0.05, 0) is 29.3 Å². The lowest BCUT2D eigenvalue weighted by Gasteiger charge is -2.22. The highest BCUT2D eigenvalue weighted by Gasteiger charge is 2.28. The van der Waals surface area contributed by atoms with Crippen molar-refractivity contribution >= 4 is 11.6 Å². The van der Waals surface area contributed by atoms with Crippen molar-refractivity contribution in [2.24, 2.45) is 5.73 Å². The van der Waals surface area contributed by atoms with E-state index in [1.807, 2.05) is 42.5 Å². The molecular formula is C17H16N2O3. The van der Waals surface area contributed by atoms with Crippen LogP contribution in [-0.4, -0.2) is 19.2 Å². The minimum Gasteiger partial charge on any atom is -0.454 e. The summed E-state index contributed by atoms with van der Waals surface area (Å²) >= 11 is 0. The normalized spacial score (nSPS) is 16.8. The van der Waals surface area contributed by atoms with Gasteiger partial charge >= 0.3 is 0 Å². The van der Waals surface area contributed by atoms with Gasteiger partial charge in [0.1, 0.15) is 0 Å². The first-order valence-electron chi connectivity index (χ1n) is 7.26. The molecule has 0 spiro atoms. The van der Waals surface area contributed by atoms with Gasteiger partial charge in [-0.15, -0.1) is 0 Å². The Morgan fingerprint density at radius 1 is 1.14 bits per heavy atom. The Balaban J connectivity index is 1.57. The van der Waals surface area contributed by atoms with E-state index in [1.165, 1.54) is 0 Å². The molecule has 1 amide bonds. The van der Waals surface area contributed by atoms with E-state index < -0.39 is 0 Å². The Morgan fingerprint density at radius 3 is 2.86 bits per heavy atom. The molecule has 2 N–H and O–H groups in total. The van der Waals surface area contributed by atoms with Gasteiger partial charge in [-0.1, -0.05) is 24.3 Å². The average Bonchev–Trinajstić information content (AvgIpc) is 3.11. The molecule has 2 heterocycles. The highest BCUT2D eigenvalue weighted by molar-refractivity contribution is 6.01. The van der Waals surface area contributed by atoms with Crippen molar-refractivity contribution in [3.05, 3.63) is 53.6 Å². The summed E-state index contributed by atoms with van der Waals surface area (Å²) in [6.45, 7) is 0.696. The van der Waals surface area contributed by atoms with E-state index >= 15 is 0 Å². The Bertz CT molecular complexity index is 744. The summed E-state index contributed by atoms with van der Waals surface area (Å²) in [6, 6.07) is 13.2. The molecule has 0 radical (unpaired) electrons. The molecule has 1 unspecified atom stereocenters. The fourth-order valence-corrected chi connectivity index (χ4v) is 2.96. The van der Waals surface area contributed by atoms with E-state index in [0.717, 1.165) is 22.6 Å². The van der Waals surface area contributed by atoms with Gasteiger partial charge in [0.15, 0.2) is 11.5 Å². The van der Waals surface area contributed by atoms with E-state index in [-0.39, 0.29) is 18.7 Å². The number of benzene rings is 2. The first kappa shape index (κ1) is 13.2. The van der Waals surface area contributed by atoms with Crippen LogP contribution in [0.5, 0.6) is 11.5 Å². The molecule has 0 fully saturated rings. The van der Waals surface area contributed by atoms with E-state index in [0.29, 0.717) is 18.7 Å². The topological polar surface area (TPSA) is 64.8 Å². The molecule has 0 aliphatic carbocycles. The number of ether oxygens (including phenoxy) is 2. The quantitative estimate of drug-likeness (QED) is 0.941. The van der Waals surface area contributed by atoms with E-state index in [2.05, 4.69) is 0 Å². The van der Waals surface area contributed by atoms with Gasteiger partial charge in [0.2, 0.25) is 12.7 Å². The molecule has 2 aliphatic rings. The standard InChI is InChI=1S/C17H16N2O3/c18-13(11-5-6-15-16(7-11)22-10-21-15)9-19-14-4-2-1-3-12(14)8-17(19)20/h1-7,13H,8-10,18H2. The van der Waals surface area contributed by atoms with E-state index in [9.17, 15) is 4.79 Å². The number of rotatable bonds is 3. The third-order valence-corrected chi connectivity index (χ3v) is 4.13. The second-order valence-electron chi connectivity index (χ2n) is 5.53. The number of amides is 1. The molecule has 0 aromatic heterocycles. The largest absolute Gasteiger partial charge is 0.454 e. The van der Waals surface area contributed by atoms with Crippen molar-refractivity contribution in [2.75, 3.05) is 18.2 Å². The average molecular weight is 296 g/mol. The molecule has 0 saturated heterocycles. The number of hydrogen-bond donors (Lipinski definition) is 1. The number of nitrogens with zero attached hydrogens (tertiary/aromatic N) is 1. The van der Waals surface area contributed by atoms with Crippen LogP contribution in [-0.2, 0) is 11.2 Å². The van der Waals surface area contributed by atoms with E-state index in [4.69, 9.17) is 15.2 Å². The number of anilines is 1. The van der Waals surface area contributed by atoms with Crippen molar-refractivity contribution in [3.8, 4) is 11.5 Å². The summed E-state index contributed by atoms with van der Waals surface area (Å²) in [5.74, 6) is 1.54. The summed E-state index contributed by atoms with van der Waals surface area (Å²) < 4.78 is 10.7. The Kier molecular flexibility index (Phi) is 3.01. The van der Waals surface area contributed by atoms with Crippen LogP contribution in [0.3, 0.4) is 0 Å². The Hall–Kier alpha value is -2.53. The van der Waals surface area contributed by atoms with Crippen molar-refractivity contribution in [2.45, 2.75) is 12.5 Å².